The van der Waals surface area contributed by atoms with Gasteiger partial charge in [0.1, 0.15) is 11.6 Å². The highest BCUT2D eigenvalue weighted by atomic mass is 28.4. The number of Topliss-reactive ketones (excluding diaryl/α,β-unsaturated/α-hetero) is 2. The lowest BCUT2D eigenvalue weighted by atomic mass is 9.44. The van der Waals surface area contributed by atoms with Crippen molar-refractivity contribution in [3.63, 3.8) is 0 Å². The smallest absolute Gasteiger partial charge is 0.192 e. The zero-order valence-corrected chi connectivity index (χ0v) is 20.8. The Bertz CT molecular complexity index is 707. The Morgan fingerprint density at radius 2 is 1.69 bits per heavy atom. The quantitative estimate of drug-likeness (QED) is 0.504. The molecule has 0 spiro atoms. The van der Waals surface area contributed by atoms with E-state index in [2.05, 4.69) is 47.7 Å². The van der Waals surface area contributed by atoms with Gasteiger partial charge in [0.05, 0.1) is 6.10 Å². The van der Waals surface area contributed by atoms with Gasteiger partial charge in [0.25, 0.3) is 0 Å². The van der Waals surface area contributed by atoms with Crippen molar-refractivity contribution in [3.8, 4) is 0 Å². The molecule has 4 saturated carbocycles. The summed E-state index contributed by atoms with van der Waals surface area (Å²) in [7, 11) is -1.91. The standard InChI is InChI=1S/C25H42O3Si/c1-23(2,3)29(6,7)28-22-10-8-9-19-20(26)15-16-17-11-12-21(27)24(17,4)14-13-18(16)25(19,22)5/h16-19,22H,8-15H2,1-7H3/t16-,17-,18-,19?,22?,24-,25+/m0/s1. The molecule has 0 aromatic heterocycles. The third-order valence-corrected chi connectivity index (χ3v) is 14.9. The Labute approximate surface area is 178 Å². The van der Waals surface area contributed by atoms with Crippen LogP contribution < -0.4 is 0 Å². The van der Waals surface area contributed by atoms with E-state index in [1.54, 1.807) is 0 Å². The zero-order valence-electron chi connectivity index (χ0n) is 19.8. The van der Waals surface area contributed by atoms with Crippen LogP contribution in [0.3, 0.4) is 0 Å². The number of rotatable bonds is 2. The molecule has 4 aliphatic carbocycles. The molecule has 0 bridgehead atoms. The molecule has 164 valence electrons. The number of hydrogen-bond donors (Lipinski definition) is 0. The Hall–Kier alpha value is -0.483. The molecular formula is C25H42O3Si. The van der Waals surface area contributed by atoms with E-state index in [1.807, 2.05) is 0 Å². The van der Waals surface area contributed by atoms with Gasteiger partial charge in [0.2, 0.25) is 0 Å². The van der Waals surface area contributed by atoms with Crippen LogP contribution in [0.25, 0.3) is 0 Å². The minimum Gasteiger partial charge on any atom is -0.413 e. The van der Waals surface area contributed by atoms with E-state index in [0.29, 0.717) is 35.7 Å². The van der Waals surface area contributed by atoms with Gasteiger partial charge in [-0.3, -0.25) is 9.59 Å². The van der Waals surface area contributed by atoms with Gasteiger partial charge in [-0.25, -0.2) is 0 Å². The monoisotopic (exact) mass is 418 g/mol. The van der Waals surface area contributed by atoms with Crippen LogP contribution >= 0.6 is 0 Å². The van der Waals surface area contributed by atoms with Gasteiger partial charge < -0.3 is 4.43 Å². The number of carbonyl (C=O) groups is 2. The van der Waals surface area contributed by atoms with E-state index in [4.69, 9.17) is 4.43 Å². The van der Waals surface area contributed by atoms with E-state index >= 15 is 0 Å². The molecule has 0 aromatic rings. The molecule has 0 aromatic carbocycles. The molecule has 0 saturated heterocycles. The van der Waals surface area contributed by atoms with Crippen LogP contribution in [0.4, 0.5) is 0 Å². The summed E-state index contributed by atoms with van der Waals surface area (Å²) in [5.74, 6) is 2.42. The summed E-state index contributed by atoms with van der Waals surface area (Å²) in [6.45, 7) is 16.3. The Balaban J connectivity index is 1.70. The topological polar surface area (TPSA) is 43.4 Å². The third-order valence-electron chi connectivity index (χ3n) is 10.4. The normalized spacial score (nSPS) is 45.6. The average molecular weight is 419 g/mol. The summed E-state index contributed by atoms with van der Waals surface area (Å²) in [4.78, 5) is 26.1. The maximum Gasteiger partial charge on any atom is 0.192 e. The van der Waals surface area contributed by atoms with Gasteiger partial charge >= 0.3 is 0 Å². The van der Waals surface area contributed by atoms with Crippen LogP contribution in [0.1, 0.15) is 86.0 Å². The van der Waals surface area contributed by atoms with Gasteiger partial charge in [0, 0.05) is 29.6 Å². The highest BCUT2D eigenvalue weighted by Crippen LogP contribution is 2.65. The summed E-state index contributed by atoms with van der Waals surface area (Å²) in [5.41, 5.74) is -0.226. The minimum absolute atomic E-state index is 0.0548. The van der Waals surface area contributed by atoms with Crippen molar-refractivity contribution in [2.75, 3.05) is 0 Å². The van der Waals surface area contributed by atoms with Gasteiger partial charge in [-0.2, -0.15) is 0 Å². The number of ketones is 2. The molecule has 4 heteroatoms. The first-order valence-corrected chi connectivity index (χ1v) is 15.0. The fraction of sp³-hybridized carbons (Fsp3) is 0.920. The molecule has 4 fully saturated rings. The Morgan fingerprint density at radius 1 is 1.00 bits per heavy atom. The van der Waals surface area contributed by atoms with Crippen molar-refractivity contribution in [3.05, 3.63) is 0 Å². The Morgan fingerprint density at radius 3 is 2.34 bits per heavy atom. The second-order valence-corrected chi connectivity index (χ2v) is 17.4. The average Bonchev–Trinajstić information content (AvgIpc) is 2.91. The first kappa shape index (κ1) is 21.7. The van der Waals surface area contributed by atoms with Crippen LogP contribution in [0.15, 0.2) is 0 Å². The lowest BCUT2D eigenvalue weighted by Gasteiger charge is -2.62. The molecule has 0 aliphatic heterocycles. The SMILES string of the molecule is CC(C)(C)[Si](C)(C)OC1CCCC2C(=O)C[C@@H]3[C@H](CC[C@]4(C)C(=O)CC[C@@H]34)[C@@]12C. The fourth-order valence-electron chi connectivity index (χ4n) is 7.57. The van der Waals surface area contributed by atoms with Crippen molar-refractivity contribution < 1.29 is 14.0 Å². The van der Waals surface area contributed by atoms with Gasteiger partial charge in [-0.05, 0) is 68.0 Å². The molecular weight excluding hydrogens is 376 g/mol. The molecule has 29 heavy (non-hydrogen) atoms. The summed E-state index contributed by atoms with van der Waals surface area (Å²) in [5, 5.41) is 0.178. The van der Waals surface area contributed by atoms with E-state index in [9.17, 15) is 9.59 Å². The van der Waals surface area contributed by atoms with Crippen LogP contribution in [0.2, 0.25) is 18.1 Å². The molecule has 0 N–H and O–H groups in total. The summed E-state index contributed by atoms with van der Waals surface area (Å²) in [6.07, 6.45) is 7.99. The van der Waals surface area contributed by atoms with Crippen molar-refractivity contribution in [1.82, 2.24) is 0 Å². The van der Waals surface area contributed by atoms with Crippen LogP contribution in [-0.2, 0) is 14.0 Å². The molecule has 0 heterocycles. The molecule has 0 radical (unpaired) electrons. The van der Waals surface area contributed by atoms with E-state index in [-0.39, 0.29) is 27.9 Å². The van der Waals surface area contributed by atoms with E-state index < -0.39 is 8.32 Å². The number of carbonyl (C=O) groups excluding carboxylic acids is 2. The number of hydrogen-bond acceptors (Lipinski definition) is 3. The van der Waals surface area contributed by atoms with Crippen LogP contribution in [0, 0.1) is 34.5 Å². The van der Waals surface area contributed by atoms with Crippen LogP contribution in [0.5, 0.6) is 0 Å². The largest absolute Gasteiger partial charge is 0.413 e. The molecule has 7 atom stereocenters. The minimum atomic E-state index is -1.91. The zero-order chi connectivity index (χ0) is 21.4. The summed E-state index contributed by atoms with van der Waals surface area (Å²) < 4.78 is 7.09. The Kier molecular flexibility index (Phi) is 5.06. The van der Waals surface area contributed by atoms with Crippen LogP contribution in [-0.4, -0.2) is 26.0 Å². The number of fused-ring (bicyclic) bond motifs is 5. The first-order chi connectivity index (χ1) is 13.3. The maximum absolute atomic E-state index is 13.4. The molecule has 0 amide bonds. The van der Waals surface area contributed by atoms with Gasteiger partial charge in [0.15, 0.2) is 8.32 Å². The first-order valence-electron chi connectivity index (χ1n) is 12.1. The lowest BCUT2D eigenvalue weighted by molar-refractivity contribution is -0.172. The van der Waals surface area contributed by atoms with E-state index in [1.165, 1.54) is 0 Å². The molecule has 4 rings (SSSR count). The van der Waals surface area contributed by atoms with Gasteiger partial charge in [-0.15, -0.1) is 0 Å². The van der Waals surface area contributed by atoms with E-state index in [0.717, 1.165) is 44.9 Å². The lowest BCUT2D eigenvalue weighted by Crippen LogP contribution is -2.62. The predicted molar refractivity (Wildman–Crippen MR) is 119 cm³/mol. The summed E-state index contributed by atoms with van der Waals surface area (Å²) in [6, 6.07) is 0. The van der Waals surface area contributed by atoms with Crippen molar-refractivity contribution in [2.24, 2.45) is 34.5 Å². The highest BCUT2D eigenvalue weighted by Gasteiger charge is 2.64. The van der Waals surface area contributed by atoms with Gasteiger partial charge in [-0.1, -0.05) is 41.0 Å². The second kappa shape index (κ2) is 6.76. The molecule has 4 aliphatic rings. The maximum atomic E-state index is 13.4. The summed E-state index contributed by atoms with van der Waals surface area (Å²) >= 11 is 0. The van der Waals surface area contributed by atoms with Crippen molar-refractivity contribution in [2.45, 2.75) is 110 Å². The van der Waals surface area contributed by atoms with Crippen molar-refractivity contribution in [1.29, 1.82) is 0 Å². The second-order valence-electron chi connectivity index (χ2n) is 12.7. The molecule has 3 nitrogen and oxygen atoms in total. The predicted octanol–water partition coefficient (Wildman–Crippen LogP) is 6.17. The van der Waals surface area contributed by atoms with Crippen molar-refractivity contribution >= 4 is 19.9 Å². The third kappa shape index (κ3) is 3.06. The highest BCUT2D eigenvalue weighted by molar-refractivity contribution is 6.74. The molecule has 2 unspecified atom stereocenters. The fourth-order valence-corrected chi connectivity index (χ4v) is 9.00.